The molecule has 0 spiro atoms. The van der Waals surface area contributed by atoms with Crippen molar-refractivity contribution in [3.8, 4) is 0 Å². The Bertz CT molecular complexity index is 436. The first-order chi connectivity index (χ1) is 9.13. The third-order valence-electron chi connectivity index (χ3n) is 3.94. The van der Waals surface area contributed by atoms with Crippen LogP contribution in [0.2, 0.25) is 0 Å². The van der Waals surface area contributed by atoms with E-state index in [1.807, 2.05) is 0 Å². The maximum absolute atomic E-state index is 13.8. The van der Waals surface area contributed by atoms with E-state index in [0.717, 1.165) is 25.7 Å². The zero-order chi connectivity index (χ0) is 13.8. The molecule has 2 atom stereocenters. The van der Waals surface area contributed by atoms with E-state index in [-0.39, 0.29) is 22.7 Å². The number of halogens is 3. The average molecular weight is 333 g/mol. The fraction of sp³-hybridized carbons (Fsp3) is 0.600. The second kappa shape index (κ2) is 6.80. The molecule has 0 saturated heterocycles. The molecule has 2 unspecified atom stereocenters. The highest BCUT2D eigenvalue weighted by molar-refractivity contribution is 9.10. The Morgan fingerprint density at radius 3 is 2.74 bits per heavy atom. The third-order valence-corrected chi connectivity index (χ3v) is 4.56. The molecule has 0 aliphatic heterocycles. The molecule has 1 saturated carbocycles. The van der Waals surface area contributed by atoms with Gasteiger partial charge in [-0.1, -0.05) is 26.2 Å². The van der Waals surface area contributed by atoms with Gasteiger partial charge in [0.25, 0.3) is 0 Å². The van der Waals surface area contributed by atoms with Gasteiger partial charge in [-0.05, 0) is 46.8 Å². The molecule has 0 bridgehead atoms. The van der Waals surface area contributed by atoms with Gasteiger partial charge in [-0.15, -0.1) is 0 Å². The monoisotopic (exact) mass is 332 g/mol. The van der Waals surface area contributed by atoms with Gasteiger partial charge in [-0.3, -0.25) is 0 Å². The lowest BCUT2D eigenvalue weighted by Gasteiger charge is -2.30. The molecule has 0 amide bonds. The zero-order valence-corrected chi connectivity index (χ0v) is 12.7. The minimum atomic E-state index is -0.552. The maximum Gasteiger partial charge on any atom is 0.145 e. The largest absolute Gasteiger partial charge is 0.373 e. The van der Waals surface area contributed by atoms with E-state index in [1.54, 1.807) is 0 Å². The van der Waals surface area contributed by atoms with Crippen molar-refractivity contribution in [1.29, 1.82) is 0 Å². The van der Waals surface area contributed by atoms with Gasteiger partial charge in [-0.2, -0.15) is 0 Å². The summed E-state index contributed by atoms with van der Waals surface area (Å²) in [4.78, 5) is 0. The van der Waals surface area contributed by atoms with Crippen molar-refractivity contribution in [2.24, 2.45) is 5.92 Å². The Kier molecular flexibility index (Phi) is 5.34. The molecule has 0 radical (unpaired) electrons. The van der Waals surface area contributed by atoms with E-state index in [0.29, 0.717) is 5.92 Å². The van der Waals surface area contributed by atoms with Crippen LogP contribution in [0.25, 0.3) is 0 Å². The second-order valence-corrected chi connectivity index (χ2v) is 5.98. The molecule has 2 rings (SSSR count). The number of hydrogen-bond donors (Lipinski definition) is 0. The van der Waals surface area contributed by atoms with Crippen LogP contribution in [0.1, 0.15) is 44.6 Å². The van der Waals surface area contributed by atoms with Crippen LogP contribution in [-0.2, 0) is 11.3 Å². The Morgan fingerprint density at radius 1 is 1.26 bits per heavy atom. The van der Waals surface area contributed by atoms with Crippen LogP contribution >= 0.6 is 15.9 Å². The van der Waals surface area contributed by atoms with Crippen molar-refractivity contribution in [3.05, 3.63) is 33.8 Å². The highest BCUT2D eigenvalue weighted by Crippen LogP contribution is 2.30. The quantitative estimate of drug-likeness (QED) is 0.687. The predicted molar refractivity (Wildman–Crippen MR) is 74.9 cm³/mol. The zero-order valence-electron chi connectivity index (χ0n) is 11.1. The molecule has 1 aromatic rings. The highest BCUT2D eigenvalue weighted by atomic mass is 79.9. The Morgan fingerprint density at radius 2 is 2.00 bits per heavy atom. The normalized spacial score (nSPS) is 23.6. The van der Waals surface area contributed by atoms with Crippen molar-refractivity contribution in [3.63, 3.8) is 0 Å². The summed E-state index contributed by atoms with van der Waals surface area (Å²) < 4.78 is 33.5. The van der Waals surface area contributed by atoms with Gasteiger partial charge >= 0.3 is 0 Å². The van der Waals surface area contributed by atoms with Crippen LogP contribution < -0.4 is 0 Å². The van der Waals surface area contributed by atoms with Crippen LogP contribution in [0, 0.1) is 17.6 Å². The molecule has 4 heteroatoms. The smallest absolute Gasteiger partial charge is 0.145 e. The van der Waals surface area contributed by atoms with Crippen molar-refractivity contribution < 1.29 is 13.5 Å². The summed E-state index contributed by atoms with van der Waals surface area (Å²) in [6, 6.07) is 2.65. The molecular weight excluding hydrogens is 314 g/mol. The van der Waals surface area contributed by atoms with Gasteiger partial charge in [0.1, 0.15) is 11.6 Å². The minimum Gasteiger partial charge on any atom is -0.373 e. The summed E-state index contributed by atoms with van der Waals surface area (Å²) in [5.41, 5.74) is 0.0230. The van der Waals surface area contributed by atoms with Crippen LogP contribution in [0.3, 0.4) is 0 Å². The van der Waals surface area contributed by atoms with Crippen molar-refractivity contribution >= 4 is 15.9 Å². The molecule has 106 valence electrons. The van der Waals surface area contributed by atoms with Crippen LogP contribution in [0.5, 0.6) is 0 Å². The first kappa shape index (κ1) is 14.9. The topological polar surface area (TPSA) is 9.23 Å². The minimum absolute atomic E-state index is 0.0122. The second-order valence-electron chi connectivity index (χ2n) is 5.12. The Balaban J connectivity index is 2.04. The van der Waals surface area contributed by atoms with E-state index in [2.05, 4.69) is 22.9 Å². The summed E-state index contributed by atoms with van der Waals surface area (Å²) in [5, 5.41) is 0. The highest BCUT2D eigenvalue weighted by Gasteiger charge is 2.25. The van der Waals surface area contributed by atoms with Crippen molar-refractivity contribution in [2.45, 2.75) is 51.7 Å². The van der Waals surface area contributed by atoms with E-state index in [4.69, 9.17) is 4.74 Å². The lowest BCUT2D eigenvalue weighted by atomic mass is 9.85. The first-order valence-electron chi connectivity index (χ1n) is 6.87. The first-order valence-corrected chi connectivity index (χ1v) is 7.66. The third kappa shape index (κ3) is 3.54. The molecule has 1 nitrogen and oxygen atoms in total. The summed E-state index contributed by atoms with van der Waals surface area (Å²) in [6.07, 6.45) is 5.73. The van der Waals surface area contributed by atoms with E-state index < -0.39 is 11.6 Å². The van der Waals surface area contributed by atoms with Gasteiger partial charge in [0.2, 0.25) is 0 Å². The molecule has 0 N–H and O–H groups in total. The maximum atomic E-state index is 13.8. The lowest BCUT2D eigenvalue weighted by molar-refractivity contribution is -0.0242. The van der Waals surface area contributed by atoms with Crippen LogP contribution in [-0.4, -0.2) is 6.10 Å². The number of ether oxygens (including phenoxy) is 1. The predicted octanol–water partition coefficient (Wildman–Crippen LogP) is 5.21. The fourth-order valence-corrected chi connectivity index (χ4v) is 3.12. The van der Waals surface area contributed by atoms with Crippen molar-refractivity contribution in [1.82, 2.24) is 0 Å². The summed E-state index contributed by atoms with van der Waals surface area (Å²) in [6.45, 7) is 2.16. The number of rotatable bonds is 4. The molecule has 0 aromatic heterocycles. The van der Waals surface area contributed by atoms with Crippen molar-refractivity contribution in [2.75, 3.05) is 0 Å². The van der Waals surface area contributed by atoms with Gasteiger partial charge in [0.05, 0.1) is 22.7 Å². The summed E-state index contributed by atoms with van der Waals surface area (Å²) in [7, 11) is 0. The number of benzene rings is 1. The van der Waals surface area contributed by atoms with Gasteiger partial charge in [0.15, 0.2) is 0 Å². The Hall–Kier alpha value is -0.480. The van der Waals surface area contributed by atoms with Crippen LogP contribution in [0.4, 0.5) is 8.78 Å². The SMILES string of the molecule is CCC1CCCCC1OCc1c(F)ccc(Br)c1F. The molecule has 19 heavy (non-hydrogen) atoms. The van der Waals surface area contributed by atoms with Crippen LogP contribution in [0.15, 0.2) is 16.6 Å². The molecule has 0 heterocycles. The Labute approximate surface area is 121 Å². The van der Waals surface area contributed by atoms with Gasteiger partial charge in [0, 0.05) is 0 Å². The van der Waals surface area contributed by atoms with Gasteiger partial charge < -0.3 is 4.74 Å². The fourth-order valence-electron chi connectivity index (χ4n) is 2.75. The standard InChI is InChI=1S/C15H19BrF2O/c1-2-10-5-3-4-6-14(10)19-9-11-13(17)8-7-12(16)15(11)18/h7-8,10,14H,2-6,9H2,1H3. The molecule has 1 fully saturated rings. The molecule has 1 aliphatic carbocycles. The summed E-state index contributed by atoms with van der Waals surface area (Å²) >= 11 is 3.07. The summed E-state index contributed by atoms with van der Waals surface area (Å²) in [5.74, 6) is -0.569. The molecule has 1 aliphatic rings. The van der Waals surface area contributed by atoms with E-state index >= 15 is 0 Å². The lowest BCUT2D eigenvalue weighted by Crippen LogP contribution is -2.27. The molecule has 1 aromatic carbocycles. The van der Waals surface area contributed by atoms with E-state index in [9.17, 15) is 8.78 Å². The van der Waals surface area contributed by atoms with Gasteiger partial charge in [-0.25, -0.2) is 8.78 Å². The van der Waals surface area contributed by atoms with E-state index in [1.165, 1.54) is 18.6 Å². The average Bonchev–Trinajstić information content (AvgIpc) is 2.43. The number of hydrogen-bond acceptors (Lipinski definition) is 1. The molecular formula is C15H19BrF2O.